The highest BCUT2D eigenvalue weighted by Crippen LogP contribution is 2.32. The number of methoxy groups -OCH3 is 1. The zero-order valence-corrected chi connectivity index (χ0v) is 18.6. The molecular formula is C18H23Cl2N5O2S. The SMILES string of the molecule is COc1nn(C)cc1C(=O)N(CCCN(C)C)c1nc2ccc(Cl)cc2s1.Cl. The van der Waals surface area contributed by atoms with E-state index in [0.717, 1.165) is 23.2 Å². The van der Waals surface area contributed by atoms with E-state index in [1.807, 2.05) is 26.2 Å². The third-order valence-corrected chi connectivity index (χ3v) is 5.30. The van der Waals surface area contributed by atoms with Crippen molar-refractivity contribution in [3.8, 4) is 5.88 Å². The number of anilines is 1. The maximum Gasteiger partial charge on any atom is 0.267 e. The van der Waals surface area contributed by atoms with Gasteiger partial charge in [0.25, 0.3) is 5.91 Å². The van der Waals surface area contributed by atoms with Crippen molar-refractivity contribution in [2.24, 2.45) is 7.05 Å². The van der Waals surface area contributed by atoms with E-state index < -0.39 is 0 Å². The molecule has 0 aliphatic carbocycles. The van der Waals surface area contributed by atoms with Crippen molar-refractivity contribution in [1.29, 1.82) is 0 Å². The minimum absolute atomic E-state index is 0. The maximum atomic E-state index is 13.3. The summed E-state index contributed by atoms with van der Waals surface area (Å²) in [5, 5.41) is 5.48. The third-order valence-electron chi connectivity index (χ3n) is 4.02. The molecule has 152 valence electrons. The highest BCUT2D eigenvalue weighted by atomic mass is 35.5. The van der Waals surface area contributed by atoms with Gasteiger partial charge in [-0.1, -0.05) is 22.9 Å². The van der Waals surface area contributed by atoms with Gasteiger partial charge in [0.05, 0.1) is 17.3 Å². The van der Waals surface area contributed by atoms with Gasteiger partial charge in [-0.15, -0.1) is 17.5 Å². The number of ether oxygens (including phenoxy) is 1. The quantitative estimate of drug-likeness (QED) is 0.556. The van der Waals surface area contributed by atoms with Crippen molar-refractivity contribution < 1.29 is 9.53 Å². The van der Waals surface area contributed by atoms with Crippen molar-refractivity contribution in [2.75, 3.05) is 39.2 Å². The second kappa shape index (κ2) is 9.56. The first-order valence-electron chi connectivity index (χ1n) is 8.49. The highest BCUT2D eigenvalue weighted by Gasteiger charge is 2.26. The van der Waals surface area contributed by atoms with Crippen LogP contribution in [0.5, 0.6) is 5.88 Å². The van der Waals surface area contributed by atoms with Crippen LogP contribution in [0.1, 0.15) is 16.8 Å². The molecule has 0 radical (unpaired) electrons. The first-order chi connectivity index (χ1) is 12.9. The molecule has 0 fully saturated rings. The van der Waals surface area contributed by atoms with E-state index in [4.69, 9.17) is 16.3 Å². The number of benzene rings is 1. The summed E-state index contributed by atoms with van der Waals surface area (Å²) in [6, 6.07) is 5.53. The largest absolute Gasteiger partial charge is 0.479 e. The van der Waals surface area contributed by atoms with E-state index >= 15 is 0 Å². The average molecular weight is 444 g/mol. The number of thiazole rings is 1. The van der Waals surface area contributed by atoms with Crippen LogP contribution in [0.3, 0.4) is 0 Å². The Morgan fingerprint density at radius 1 is 1.32 bits per heavy atom. The number of amides is 1. The Bertz CT molecular complexity index is 957. The normalized spacial score (nSPS) is 10.9. The first kappa shape index (κ1) is 22.4. The highest BCUT2D eigenvalue weighted by molar-refractivity contribution is 7.22. The van der Waals surface area contributed by atoms with Gasteiger partial charge in [0.1, 0.15) is 5.56 Å². The molecule has 0 saturated carbocycles. The summed E-state index contributed by atoms with van der Waals surface area (Å²) in [7, 11) is 7.29. The number of hydrogen-bond donors (Lipinski definition) is 0. The maximum absolute atomic E-state index is 13.3. The lowest BCUT2D eigenvalue weighted by Crippen LogP contribution is -2.33. The molecule has 3 rings (SSSR count). The lowest BCUT2D eigenvalue weighted by Gasteiger charge is -2.20. The van der Waals surface area contributed by atoms with Gasteiger partial charge >= 0.3 is 0 Å². The zero-order valence-electron chi connectivity index (χ0n) is 16.2. The number of hydrogen-bond acceptors (Lipinski definition) is 6. The number of aryl methyl sites for hydroxylation is 1. The Morgan fingerprint density at radius 3 is 2.75 bits per heavy atom. The zero-order chi connectivity index (χ0) is 19.6. The molecule has 7 nitrogen and oxygen atoms in total. The summed E-state index contributed by atoms with van der Waals surface area (Å²) in [4.78, 5) is 21.7. The van der Waals surface area contributed by atoms with Crippen molar-refractivity contribution in [3.63, 3.8) is 0 Å². The number of fused-ring (bicyclic) bond motifs is 1. The predicted molar refractivity (Wildman–Crippen MR) is 116 cm³/mol. The van der Waals surface area contributed by atoms with Crippen LogP contribution < -0.4 is 9.64 Å². The number of carbonyl (C=O) groups excluding carboxylic acids is 1. The second-order valence-electron chi connectivity index (χ2n) is 6.45. The van der Waals surface area contributed by atoms with Crippen molar-refractivity contribution in [1.82, 2.24) is 19.7 Å². The molecule has 0 saturated heterocycles. The molecule has 3 aromatic rings. The molecule has 0 N–H and O–H groups in total. The summed E-state index contributed by atoms with van der Waals surface area (Å²) < 4.78 is 7.79. The fourth-order valence-electron chi connectivity index (χ4n) is 2.74. The minimum atomic E-state index is -0.177. The van der Waals surface area contributed by atoms with Gasteiger partial charge in [-0.05, 0) is 45.3 Å². The molecule has 2 heterocycles. The van der Waals surface area contributed by atoms with Crippen LogP contribution in [-0.4, -0.2) is 59.9 Å². The number of carbonyl (C=O) groups is 1. The molecule has 0 unspecified atom stereocenters. The van der Waals surface area contributed by atoms with Crippen molar-refractivity contribution in [3.05, 3.63) is 35.0 Å². The van der Waals surface area contributed by atoms with E-state index in [9.17, 15) is 4.79 Å². The van der Waals surface area contributed by atoms with Crippen molar-refractivity contribution >= 4 is 56.6 Å². The summed E-state index contributed by atoms with van der Waals surface area (Å²) in [5.41, 5.74) is 1.24. The first-order valence-corrected chi connectivity index (χ1v) is 9.69. The molecule has 28 heavy (non-hydrogen) atoms. The number of rotatable bonds is 7. The summed E-state index contributed by atoms with van der Waals surface area (Å²) in [5.74, 6) is 0.133. The van der Waals surface area contributed by atoms with Crippen LogP contribution in [-0.2, 0) is 7.05 Å². The van der Waals surface area contributed by atoms with Crippen LogP contribution in [0.2, 0.25) is 5.02 Å². The monoisotopic (exact) mass is 443 g/mol. The van der Waals surface area contributed by atoms with E-state index in [1.54, 1.807) is 28.9 Å². The van der Waals surface area contributed by atoms with Crippen LogP contribution in [0.15, 0.2) is 24.4 Å². The van der Waals surface area contributed by atoms with Gasteiger partial charge < -0.3 is 9.64 Å². The lowest BCUT2D eigenvalue weighted by molar-refractivity contribution is 0.0983. The standard InChI is InChI=1S/C18H22ClN5O2S.ClH/c1-22(2)8-5-9-24(17(25)13-11-23(3)21-16(13)26-4)18-20-14-7-6-12(19)10-15(14)27-18;/h6-7,10-11H,5,8-9H2,1-4H3;1H. The van der Waals surface area contributed by atoms with Gasteiger partial charge in [-0.2, -0.15) is 0 Å². The number of aromatic nitrogens is 3. The summed E-state index contributed by atoms with van der Waals surface area (Å²) >= 11 is 7.54. The van der Waals surface area contributed by atoms with Gasteiger partial charge in [-0.3, -0.25) is 14.4 Å². The number of nitrogens with zero attached hydrogens (tertiary/aromatic N) is 5. The lowest BCUT2D eigenvalue weighted by atomic mass is 10.2. The van der Waals surface area contributed by atoms with Crippen LogP contribution >= 0.6 is 35.3 Å². The molecule has 2 aromatic heterocycles. The van der Waals surface area contributed by atoms with E-state index in [0.29, 0.717) is 28.1 Å². The van der Waals surface area contributed by atoms with E-state index in [2.05, 4.69) is 15.0 Å². The molecule has 1 aromatic carbocycles. The fourth-order valence-corrected chi connectivity index (χ4v) is 4.01. The molecule has 0 bridgehead atoms. The Balaban J connectivity index is 0.00000280. The van der Waals surface area contributed by atoms with Crippen LogP contribution in [0.4, 0.5) is 5.13 Å². The summed E-state index contributed by atoms with van der Waals surface area (Å²) in [6.07, 6.45) is 2.49. The molecule has 0 atom stereocenters. The van der Waals surface area contributed by atoms with Gasteiger partial charge in [0.15, 0.2) is 5.13 Å². The fraction of sp³-hybridized carbons (Fsp3) is 0.389. The molecule has 10 heteroatoms. The smallest absolute Gasteiger partial charge is 0.267 e. The summed E-state index contributed by atoms with van der Waals surface area (Å²) in [6.45, 7) is 1.41. The topological polar surface area (TPSA) is 63.5 Å². The Kier molecular flexibility index (Phi) is 7.65. The van der Waals surface area contributed by atoms with Crippen LogP contribution in [0.25, 0.3) is 10.2 Å². The van der Waals surface area contributed by atoms with Gasteiger partial charge in [-0.25, -0.2) is 4.98 Å². The Labute approximate surface area is 179 Å². The molecule has 0 spiro atoms. The molecular weight excluding hydrogens is 421 g/mol. The van der Waals surface area contributed by atoms with E-state index in [-0.39, 0.29) is 18.3 Å². The Morgan fingerprint density at radius 2 is 2.07 bits per heavy atom. The van der Waals surface area contributed by atoms with Gasteiger partial charge in [0, 0.05) is 24.8 Å². The van der Waals surface area contributed by atoms with Crippen LogP contribution in [0, 0.1) is 0 Å². The van der Waals surface area contributed by atoms with Crippen molar-refractivity contribution in [2.45, 2.75) is 6.42 Å². The average Bonchev–Trinajstić information content (AvgIpc) is 3.20. The number of halogens is 2. The minimum Gasteiger partial charge on any atom is -0.479 e. The second-order valence-corrected chi connectivity index (χ2v) is 7.89. The molecule has 0 aliphatic heterocycles. The molecule has 1 amide bonds. The van der Waals surface area contributed by atoms with E-state index in [1.165, 1.54) is 18.4 Å². The third kappa shape index (κ3) is 4.94. The Hall–Kier alpha value is -1.87. The van der Waals surface area contributed by atoms with Gasteiger partial charge in [0.2, 0.25) is 5.88 Å². The predicted octanol–water partition coefficient (Wildman–Crippen LogP) is 3.71. The molecule has 0 aliphatic rings.